The molecule has 1 amide bonds. The van der Waals surface area contributed by atoms with Gasteiger partial charge in [0.15, 0.2) is 0 Å². The van der Waals surface area contributed by atoms with Crippen LogP contribution in [0.2, 0.25) is 0 Å². The summed E-state index contributed by atoms with van der Waals surface area (Å²) in [4.78, 5) is 30.5. The number of aromatic nitrogens is 4. The Morgan fingerprint density at radius 2 is 1.95 bits per heavy atom. The van der Waals surface area contributed by atoms with Crippen molar-refractivity contribution in [3.05, 3.63) is 93.4 Å². The van der Waals surface area contributed by atoms with Gasteiger partial charge >= 0.3 is 6.09 Å². The number of halogens is 1. The van der Waals surface area contributed by atoms with Gasteiger partial charge < -0.3 is 4.74 Å². The number of fused-ring (bicyclic) bond motifs is 1. The van der Waals surface area contributed by atoms with Crippen molar-refractivity contribution >= 4 is 28.4 Å². The van der Waals surface area contributed by atoms with Crippen LogP contribution in [-0.2, 0) is 28.4 Å². The van der Waals surface area contributed by atoms with Crippen molar-refractivity contribution in [3.63, 3.8) is 0 Å². The lowest BCUT2D eigenvalue weighted by Crippen LogP contribution is -2.35. The predicted molar refractivity (Wildman–Crippen MR) is 161 cm³/mol. The highest BCUT2D eigenvalue weighted by atomic mass is 32.2. The molecule has 0 unspecified atom stereocenters. The molecule has 1 aliphatic rings. The minimum Gasteiger partial charge on any atom is -0.453 e. The highest BCUT2D eigenvalue weighted by Gasteiger charge is 2.27. The molecule has 2 aromatic heterocycles. The van der Waals surface area contributed by atoms with Crippen LogP contribution in [0.1, 0.15) is 60.4 Å². The average molecular weight is 592 g/mol. The molecular formula is C31H34FN5O4S. The first-order valence-electron chi connectivity index (χ1n) is 14.0. The SMILES string of the molecule is C=C(NC(=O)OC)c1ccccc1-c1ccc(Cc2c(CCC)n3nc(C)nc3n(C3CCS(=O)CC3)c2=O)c(F)c1. The largest absolute Gasteiger partial charge is 0.453 e. The van der Waals surface area contributed by atoms with Crippen LogP contribution in [0.3, 0.4) is 0 Å². The number of carbonyl (C=O) groups excluding carboxylic acids is 1. The van der Waals surface area contributed by atoms with Gasteiger partial charge in [-0.1, -0.05) is 56.3 Å². The minimum absolute atomic E-state index is 0.0893. The van der Waals surface area contributed by atoms with E-state index in [4.69, 9.17) is 0 Å². The molecule has 0 spiro atoms. The molecule has 2 aromatic carbocycles. The lowest BCUT2D eigenvalue weighted by Gasteiger charge is -2.25. The summed E-state index contributed by atoms with van der Waals surface area (Å²) < 4.78 is 35.9. The second kappa shape index (κ2) is 12.4. The monoisotopic (exact) mass is 591 g/mol. The fourth-order valence-corrected chi connectivity index (χ4v) is 6.83. The third kappa shape index (κ3) is 5.78. The summed E-state index contributed by atoms with van der Waals surface area (Å²) in [5.74, 6) is 1.64. The molecule has 1 N–H and O–H groups in total. The Bertz CT molecular complexity index is 1750. The number of ether oxygens (including phenoxy) is 1. The number of rotatable bonds is 8. The lowest BCUT2D eigenvalue weighted by molar-refractivity contribution is 0.176. The molecule has 3 heterocycles. The van der Waals surface area contributed by atoms with Crippen molar-refractivity contribution in [2.75, 3.05) is 18.6 Å². The van der Waals surface area contributed by atoms with Crippen molar-refractivity contribution < 1.29 is 18.1 Å². The summed E-state index contributed by atoms with van der Waals surface area (Å²) in [6.07, 6.45) is 2.02. The molecule has 1 aliphatic heterocycles. The number of carbonyl (C=O) groups is 1. The van der Waals surface area contributed by atoms with Crippen molar-refractivity contribution in [1.82, 2.24) is 24.5 Å². The molecular weight excluding hydrogens is 557 g/mol. The Labute approximate surface area is 245 Å². The number of amides is 1. The molecule has 0 aliphatic carbocycles. The number of alkyl carbamates (subject to hydrolysis) is 1. The number of methoxy groups -OCH3 is 1. The van der Waals surface area contributed by atoms with Crippen molar-refractivity contribution in [1.29, 1.82) is 0 Å². The third-order valence-electron chi connectivity index (χ3n) is 7.62. The summed E-state index contributed by atoms with van der Waals surface area (Å²) in [6, 6.07) is 12.0. The summed E-state index contributed by atoms with van der Waals surface area (Å²) in [5, 5.41) is 7.19. The number of nitrogens with one attached hydrogen (secondary N) is 1. The van der Waals surface area contributed by atoms with E-state index in [2.05, 4.69) is 26.7 Å². The molecule has 42 heavy (non-hydrogen) atoms. The van der Waals surface area contributed by atoms with E-state index in [1.54, 1.807) is 40.3 Å². The molecule has 0 bridgehead atoms. The molecule has 4 aromatic rings. The van der Waals surface area contributed by atoms with Gasteiger partial charge in [0.05, 0.1) is 12.8 Å². The van der Waals surface area contributed by atoms with Crippen LogP contribution in [0, 0.1) is 12.7 Å². The maximum absolute atomic E-state index is 15.8. The van der Waals surface area contributed by atoms with Crippen LogP contribution < -0.4 is 10.9 Å². The quantitative estimate of drug-likeness (QED) is 0.311. The Balaban J connectivity index is 1.56. The van der Waals surface area contributed by atoms with Crippen LogP contribution in [0.15, 0.2) is 53.8 Å². The zero-order valence-electron chi connectivity index (χ0n) is 24.0. The molecule has 9 nitrogen and oxygen atoms in total. The first-order valence-corrected chi connectivity index (χ1v) is 15.5. The third-order valence-corrected chi connectivity index (χ3v) is 9.01. The topological polar surface area (TPSA) is 108 Å². The van der Waals surface area contributed by atoms with Crippen LogP contribution in [0.5, 0.6) is 0 Å². The van der Waals surface area contributed by atoms with E-state index in [1.165, 1.54) is 13.2 Å². The molecule has 1 saturated heterocycles. The van der Waals surface area contributed by atoms with E-state index in [1.807, 2.05) is 19.1 Å². The Hall–Kier alpha value is -4.12. The second-order valence-corrected chi connectivity index (χ2v) is 12.1. The minimum atomic E-state index is -0.884. The zero-order valence-corrected chi connectivity index (χ0v) is 24.8. The number of aryl methyl sites for hydroxylation is 2. The van der Waals surface area contributed by atoms with E-state index in [9.17, 15) is 13.8 Å². The van der Waals surface area contributed by atoms with E-state index in [-0.39, 0.29) is 18.0 Å². The van der Waals surface area contributed by atoms with Gasteiger partial charge in [0.1, 0.15) is 11.6 Å². The molecule has 0 radical (unpaired) electrons. The lowest BCUT2D eigenvalue weighted by atomic mass is 9.95. The van der Waals surface area contributed by atoms with Crippen molar-refractivity contribution in [3.8, 4) is 11.1 Å². The maximum Gasteiger partial charge on any atom is 0.411 e. The van der Waals surface area contributed by atoms with Gasteiger partial charge in [-0.25, -0.2) is 13.7 Å². The van der Waals surface area contributed by atoms with Gasteiger partial charge in [0.2, 0.25) is 5.78 Å². The molecule has 11 heteroatoms. The first-order chi connectivity index (χ1) is 20.2. The molecule has 0 saturated carbocycles. The molecule has 0 atom stereocenters. The second-order valence-electron chi connectivity index (χ2n) is 10.4. The summed E-state index contributed by atoms with van der Waals surface area (Å²) in [6.45, 7) is 7.75. The van der Waals surface area contributed by atoms with Crippen LogP contribution in [0.4, 0.5) is 9.18 Å². The van der Waals surface area contributed by atoms with Crippen molar-refractivity contribution in [2.45, 2.75) is 52.0 Å². The van der Waals surface area contributed by atoms with Gasteiger partial charge in [0, 0.05) is 51.6 Å². The van der Waals surface area contributed by atoms with E-state index in [0.717, 1.165) is 12.1 Å². The Morgan fingerprint density at radius 3 is 2.64 bits per heavy atom. The number of hydrogen-bond donors (Lipinski definition) is 1. The number of hydrogen-bond acceptors (Lipinski definition) is 6. The average Bonchev–Trinajstić information content (AvgIpc) is 3.37. The standard InChI is InChI=1S/C31H34FN5O4S/c1-5-8-28-26(29(38)36(23-13-15-42(40)16-14-23)30-34-20(3)35-37(28)30)17-22-12-11-21(18-27(22)32)25-10-7-6-9-24(25)19(2)33-31(39)41-4/h6-7,9-12,18,23H,2,5,8,13-17H2,1,3-4H3,(H,33,39). The summed E-state index contributed by atoms with van der Waals surface area (Å²) in [7, 11) is 0.382. The highest BCUT2D eigenvalue weighted by molar-refractivity contribution is 7.85. The Kier molecular flexibility index (Phi) is 8.67. The zero-order chi connectivity index (χ0) is 30.0. The predicted octanol–water partition coefficient (Wildman–Crippen LogP) is 4.96. The van der Waals surface area contributed by atoms with Crippen LogP contribution >= 0.6 is 0 Å². The summed E-state index contributed by atoms with van der Waals surface area (Å²) in [5.41, 5.74) is 3.64. The van der Waals surface area contributed by atoms with Gasteiger partial charge in [-0.2, -0.15) is 10.1 Å². The molecule has 220 valence electrons. The fraction of sp³-hybridized carbons (Fsp3) is 0.355. The number of nitrogens with zero attached hydrogens (tertiary/aromatic N) is 4. The van der Waals surface area contributed by atoms with E-state index < -0.39 is 22.7 Å². The number of benzene rings is 2. The smallest absolute Gasteiger partial charge is 0.411 e. The normalized spacial score (nSPS) is 16.9. The fourth-order valence-electron chi connectivity index (χ4n) is 5.56. The summed E-state index contributed by atoms with van der Waals surface area (Å²) >= 11 is 0. The van der Waals surface area contributed by atoms with Gasteiger partial charge in [-0.15, -0.1) is 0 Å². The first kappa shape index (κ1) is 29.4. The van der Waals surface area contributed by atoms with E-state index >= 15 is 4.39 Å². The van der Waals surface area contributed by atoms with Crippen molar-refractivity contribution in [2.24, 2.45) is 0 Å². The molecule has 5 rings (SSSR count). The van der Waals surface area contributed by atoms with Crippen LogP contribution in [0.25, 0.3) is 22.6 Å². The van der Waals surface area contributed by atoms with Gasteiger partial charge in [-0.3, -0.25) is 18.9 Å². The highest BCUT2D eigenvalue weighted by Crippen LogP contribution is 2.30. The Morgan fingerprint density at radius 1 is 1.21 bits per heavy atom. The maximum atomic E-state index is 15.8. The van der Waals surface area contributed by atoms with Crippen LogP contribution in [-0.4, -0.2) is 48.1 Å². The van der Waals surface area contributed by atoms with Gasteiger partial charge in [0.25, 0.3) is 5.56 Å². The molecule has 1 fully saturated rings. The van der Waals surface area contributed by atoms with E-state index in [0.29, 0.717) is 75.9 Å². The van der Waals surface area contributed by atoms with Gasteiger partial charge in [-0.05, 0) is 48.9 Å².